The van der Waals surface area contributed by atoms with Crippen LogP contribution in [0.15, 0.2) is 54.6 Å². The van der Waals surface area contributed by atoms with E-state index in [1.807, 2.05) is 18.2 Å². The molecule has 1 heterocycles. The first-order valence-electron chi connectivity index (χ1n) is 7.85. The lowest BCUT2D eigenvalue weighted by Crippen LogP contribution is -2.38. The number of halogens is 1. The highest BCUT2D eigenvalue weighted by Gasteiger charge is 2.52. The molecule has 0 aliphatic carbocycles. The lowest BCUT2D eigenvalue weighted by molar-refractivity contribution is -0.126. The molecule has 0 N–H and O–H groups in total. The number of unbranched alkanes of at least 4 members (excludes halogenated alkanes) is 2. The van der Waals surface area contributed by atoms with Gasteiger partial charge in [-0.25, -0.2) is 4.39 Å². The fraction of sp³-hybridized carbons (Fsp3) is 0.316. The predicted molar refractivity (Wildman–Crippen MR) is 86.7 cm³/mol. The Labute approximate surface area is 130 Å². The predicted octanol–water partition coefficient (Wildman–Crippen LogP) is 4.44. The highest BCUT2D eigenvalue weighted by molar-refractivity contribution is 6.09. The fourth-order valence-corrected chi connectivity index (χ4v) is 3.10. The molecule has 1 amide bonds. The fourth-order valence-electron chi connectivity index (χ4n) is 3.10. The summed E-state index contributed by atoms with van der Waals surface area (Å²) in [5.74, 6) is -0.462. The van der Waals surface area contributed by atoms with Crippen molar-refractivity contribution in [3.8, 4) is 0 Å². The molecule has 114 valence electrons. The van der Waals surface area contributed by atoms with E-state index >= 15 is 4.39 Å². The van der Waals surface area contributed by atoms with E-state index in [-0.39, 0.29) is 0 Å². The molecule has 2 nitrogen and oxygen atoms in total. The van der Waals surface area contributed by atoms with E-state index in [2.05, 4.69) is 6.92 Å². The number of fused-ring (bicyclic) bond motifs is 1. The van der Waals surface area contributed by atoms with Crippen LogP contribution in [0.5, 0.6) is 0 Å². The third-order valence-corrected chi connectivity index (χ3v) is 4.26. The molecule has 1 aliphatic heterocycles. The number of alkyl halides is 1. The second-order valence-corrected chi connectivity index (χ2v) is 5.71. The number of hydrogen-bond acceptors (Lipinski definition) is 1. The van der Waals surface area contributed by atoms with Crippen molar-refractivity contribution in [2.45, 2.75) is 31.9 Å². The second kappa shape index (κ2) is 5.91. The quantitative estimate of drug-likeness (QED) is 0.747. The maximum atomic E-state index is 15.8. The number of carbonyl (C=O) groups excluding carboxylic acids is 1. The molecule has 1 atom stereocenters. The van der Waals surface area contributed by atoms with Crippen molar-refractivity contribution in [3.05, 3.63) is 65.7 Å². The summed E-state index contributed by atoms with van der Waals surface area (Å²) < 4.78 is 15.8. The largest absolute Gasteiger partial charge is 0.309 e. The normalized spacial score (nSPS) is 20.3. The molecule has 0 radical (unpaired) electrons. The number of amides is 1. The zero-order chi connectivity index (χ0) is 15.6. The monoisotopic (exact) mass is 297 g/mol. The summed E-state index contributed by atoms with van der Waals surface area (Å²) in [6.07, 6.45) is 3.00. The van der Waals surface area contributed by atoms with Crippen LogP contribution in [-0.4, -0.2) is 12.5 Å². The summed E-state index contributed by atoms with van der Waals surface area (Å²) in [6, 6.07) is 15.9. The van der Waals surface area contributed by atoms with E-state index < -0.39 is 11.6 Å². The number of anilines is 1. The van der Waals surface area contributed by atoms with Crippen LogP contribution in [0.1, 0.15) is 37.3 Å². The van der Waals surface area contributed by atoms with E-state index in [4.69, 9.17) is 0 Å². The van der Waals surface area contributed by atoms with Gasteiger partial charge in [-0.15, -0.1) is 0 Å². The summed E-state index contributed by atoms with van der Waals surface area (Å²) in [5, 5.41) is 0. The van der Waals surface area contributed by atoms with Crippen LogP contribution >= 0.6 is 0 Å². The molecule has 0 bridgehead atoms. The molecule has 0 spiro atoms. The van der Waals surface area contributed by atoms with Crippen LogP contribution in [0.4, 0.5) is 10.1 Å². The first-order valence-corrected chi connectivity index (χ1v) is 7.85. The molecule has 2 aromatic carbocycles. The Morgan fingerprint density at radius 2 is 1.68 bits per heavy atom. The number of rotatable bonds is 5. The lowest BCUT2D eigenvalue weighted by atomic mass is 9.89. The van der Waals surface area contributed by atoms with Gasteiger partial charge in [0.1, 0.15) is 0 Å². The Morgan fingerprint density at radius 1 is 1.00 bits per heavy atom. The molecule has 3 heteroatoms. The van der Waals surface area contributed by atoms with Crippen LogP contribution in [-0.2, 0) is 10.5 Å². The highest BCUT2D eigenvalue weighted by atomic mass is 19.1. The lowest BCUT2D eigenvalue weighted by Gasteiger charge is -2.21. The Hall–Kier alpha value is -2.16. The average Bonchev–Trinajstić information content (AvgIpc) is 2.79. The third-order valence-electron chi connectivity index (χ3n) is 4.26. The van der Waals surface area contributed by atoms with Gasteiger partial charge in [0, 0.05) is 17.7 Å². The van der Waals surface area contributed by atoms with Gasteiger partial charge in [0.15, 0.2) is 0 Å². The molecular weight excluding hydrogens is 277 g/mol. The van der Waals surface area contributed by atoms with Crippen molar-refractivity contribution >= 4 is 11.6 Å². The summed E-state index contributed by atoms with van der Waals surface area (Å²) in [6.45, 7) is 2.69. The van der Waals surface area contributed by atoms with Crippen LogP contribution < -0.4 is 4.90 Å². The Balaban J connectivity index is 2.04. The van der Waals surface area contributed by atoms with Gasteiger partial charge in [-0.2, -0.15) is 0 Å². The summed E-state index contributed by atoms with van der Waals surface area (Å²) in [5.41, 5.74) is -0.493. The third kappa shape index (κ3) is 2.21. The number of hydrogen-bond donors (Lipinski definition) is 0. The average molecular weight is 297 g/mol. The topological polar surface area (TPSA) is 20.3 Å². The molecule has 0 aromatic heterocycles. The van der Waals surface area contributed by atoms with Crippen molar-refractivity contribution in [1.29, 1.82) is 0 Å². The van der Waals surface area contributed by atoms with Crippen molar-refractivity contribution in [1.82, 2.24) is 0 Å². The van der Waals surface area contributed by atoms with Gasteiger partial charge < -0.3 is 4.90 Å². The van der Waals surface area contributed by atoms with Crippen molar-refractivity contribution in [2.24, 2.45) is 0 Å². The Kier molecular flexibility index (Phi) is 3.97. The minimum absolute atomic E-state index is 0.408. The summed E-state index contributed by atoms with van der Waals surface area (Å²) in [4.78, 5) is 14.4. The summed E-state index contributed by atoms with van der Waals surface area (Å²) >= 11 is 0. The van der Waals surface area contributed by atoms with Crippen LogP contribution in [0.2, 0.25) is 0 Å². The molecule has 2 aromatic rings. The van der Waals surface area contributed by atoms with Crippen molar-refractivity contribution in [3.63, 3.8) is 0 Å². The molecule has 1 unspecified atom stereocenters. The molecule has 0 saturated heterocycles. The van der Waals surface area contributed by atoms with E-state index in [0.29, 0.717) is 23.4 Å². The minimum Gasteiger partial charge on any atom is -0.309 e. The van der Waals surface area contributed by atoms with Crippen molar-refractivity contribution in [2.75, 3.05) is 11.4 Å². The zero-order valence-corrected chi connectivity index (χ0v) is 12.8. The van der Waals surface area contributed by atoms with Crippen LogP contribution in [0.25, 0.3) is 0 Å². The van der Waals surface area contributed by atoms with Gasteiger partial charge in [-0.1, -0.05) is 68.3 Å². The molecule has 1 aliphatic rings. The van der Waals surface area contributed by atoms with Gasteiger partial charge in [0.25, 0.3) is 5.91 Å². The SMILES string of the molecule is CCCCCN1C(=O)C(F)(c2ccccc2)c2ccccc21. The highest BCUT2D eigenvalue weighted by Crippen LogP contribution is 2.47. The van der Waals surface area contributed by atoms with Crippen molar-refractivity contribution < 1.29 is 9.18 Å². The Morgan fingerprint density at radius 3 is 2.41 bits per heavy atom. The van der Waals surface area contributed by atoms with Gasteiger partial charge in [-0.3, -0.25) is 4.79 Å². The summed E-state index contributed by atoms with van der Waals surface area (Å²) in [7, 11) is 0. The number of nitrogens with zero attached hydrogens (tertiary/aromatic N) is 1. The molecule has 0 saturated carbocycles. The molecule has 0 fully saturated rings. The second-order valence-electron chi connectivity index (χ2n) is 5.71. The molecule has 3 rings (SSSR count). The first-order chi connectivity index (χ1) is 10.7. The maximum Gasteiger partial charge on any atom is 0.274 e. The van der Waals surface area contributed by atoms with Gasteiger partial charge in [0.05, 0.1) is 5.69 Å². The first kappa shape index (κ1) is 14.8. The zero-order valence-electron chi connectivity index (χ0n) is 12.8. The van der Waals surface area contributed by atoms with E-state index in [1.54, 1.807) is 41.3 Å². The van der Waals surface area contributed by atoms with Gasteiger partial charge in [0.2, 0.25) is 5.67 Å². The number of benzene rings is 2. The smallest absolute Gasteiger partial charge is 0.274 e. The maximum absolute atomic E-state index is 15.8. The van der Waals surface area contributed by atoms with E-state index in [9.17, 15) is 4.79 Å². The molecule has 22 heavy (non-hydrogen) atoms. The van der Waals surface area contributed by atoms with Gasteiger partial charge >= 0.3 is 0 Å². The number of carbonyl (C=O) groups is 1. The van der Waals surface area contributed by atoms with Gasteiger partial charge in [-0.05, 0) is 12.5 Å². The standard InChI is InChI=1S/C19H20FNO/c1-2-3-9-14-21-17-13-8-7-12-16(17)19(20,18(21)22)15-10-5-4-6-11-15/h4-8,10-13H,2-3,9,14H2,1H3. The van der Waals surface area contributed by atoms with E-state index in [0.717, 1.165) is 19.3 Å². The van der Waals surface area contributed by atoms with E-state index in [1.165, 1.54) is 0 Å². The Bertz CT molecular complexity index is 670. The van der Waals surface area contributed by atoms with Crippen LogP contribution in [0, 0.1) is 0 Å². The molecular formula is C19H20FNO. The minimum atomic E-state index is -2.07. The van der Waals surface area contributed by atoms with Crippen LogP contribution in [0.3, 0.4) is 0 Å². The number of para-hydroxylation sites is 1.